The Kier molecular flexibility index (Phi) is 5.25. The Morgan fingerprint density at radius 3 is 2.53 bits per heavy atom. The zero-order valence-electron chi connectivity index (χ0n) is 13.0. The number of unbranched alkanes of at least 4 members (excludes halogenated alkanes) is 1. The highest BCUT2D eigenvalue weighted by molar-refractivity contribution is 5.69. The van der Waals surface area contributed by atoms with Crippen LogP contribution in [0.1, 0.15) is 60.3 Å². The van der Waals surface area contributed by atoms with E-state index in [0.29, 0.717) is 5.92 Å². The van der Waals surface area contributed by atoms with Crippen LogP contribution >= 0.6 is 0 Å². The number of hydrogen-bond acceptors (Lipinski definition) is 3. The van der Waals surface area contributed by atoms with Gasteiger partial charge in [0.2, 0.25) is 0 Å². The average molecular weight is 271 g/mol. The van der Waals surface area contributed by atoms with Crippen molar-refractivity contribution < 1.29 is 14.6 Å². The van der Waals surface area contributed by atoms with Crippen LogP contribution in [0.3, 0.4) is 0 Å². The van der Waals surface area contributed by atoms with E-state index >= 15 is 0 Å². The molecule has 1 heterocycles. The fraction of sp³-hybridized carbons (Fsp3) is 0.933. The number of hydrogen-bond donors (Lipinski definition) is 1. The van der Waals surface area contributed by atoms with Crippen LogP contribution in [0.2, 0.25) is 0 Å². The summed E-state index contributed by atoms with van der Waals surface area (Å²) >= 11 is 0. The topological polar surface area (TPSA) is 49.8 Å². The van der Waals surface area contributed by atoms with Crippen molar-refractivity contribution in [3.05, 3.63) is 0 Å². The largest absolute Gasteiger partial charge is 0.444 e. The number of aliphatic hydroxyl groups is 1. The SMILES string of the molecule is CC(C)(C)OC(=O)N1C[C@@H](CCCCO)CC1(C)C. The summed E-state index contributed by atoms with van der Waals surface area (Å²) in [6, 6.07) is 0. The standard InChI is InChI=1S/C15H29NO3/c1-14(2,3)19-13(18)16-11-12(8-6-7-9-17)10-15(16,4)5/h12,17H,6-11H2,1-5H3/t12-/m0/s1. The molecule has 0 radical (unpaired) electrons. The summed E-state index contributed by atoms with van der Waals surface area (Å²) in [5.41, 5.74) is -0.575. The van der Waals surface area contributed by atoms with Crippen molar-refractivity contribution in [2.24, 2.45) is 5.92 Å². The number of aliphatic hydroxyl groups excluding tert-OH is 1. The van der Waals surface area contributed by atoms with E-state index in [9.17, 15) is 4.79 Å². The first-order chi connectivity index (χ1) is 8.65. The van der Waals surface area contributed by atoms with Crippen molar-refractivity contribution in [2.75, 3.05) is 13.2 Å². The molecule has 1 N–H and O–H groups in total. The zero-order chi connectivity index (χ0) is 14.7. The highest BCUT2D eigenvalue weighted by Gasteiger charge is 2.42. The second kappa shape index (κ2) is 6.12. The molecule has 1 aliphatic heterocycles. The number of ether oxygens (including phenoxy) is 1. The Morgan fingerprint density at radius 1 is 1.37 bits per heavy atom. The summed E-state index contributed by atoms with van der Waals surface area (Å²) in [5.74, 6) is 0.522. The van der Waals surface area contributed by atoms with Gasteiger partial charge < -0.3 is 14.7 Å². The molecule has 1 saturated heterocycles. The molecule has 0 aliphatic carbocycles. The van der Waals surface area contributed by atoms with Crippen molar-refractivity contribution in [1.82, 2.24) is 4.90 Å². The highest BCUT2D eigenvalue weighted by Crippen LogP contribution is 2.36. The molecule has 4 nitrogen and oxygen atoms in total. The third kappa shape index (κ3) is 5.01. The number of rotatable bonds is 4. The van der Waals surface area contributed by atoms with Gasteiger partial charge in [-0.1, -0.05) is 6.42 Å². The van der Waals surface area contributed by atoms with Crippen molar-refractivity contribution in [3.8, 4) is 0 Å². The lowest BCUT2D eigenvalue weighted by Crippen LogP contribution is -2.45. The Morgan fingerprint density at radius 2 is 2.00 bits per heavy atom. The molecule has 19 heavy (non-hydrogen) atoms. The first kappa shape index (κ1) is 16.3. The Labute approximate surface area is 117 Å². The summed E-state index contributed by atoms with van der Waals surface area (Å²) in [5, 5.41) is 8.83. The lowest BCUT2D eigenvalue weighted by Gasteiger charge is -2.33. The average Bonchev–Trinajstić information content (AvgIpc) is 2.51. The van der Waals surface area contributed by atoms with Gasteiger partial charge in [-0.05, 0) is 59.8 Å². The molecule has 1 rings (SSSR count). The molecule has 112 valence electrons. The number of amides is 1. The van der Waals surface area contributed by atoms with Crippen LogP contribution in [0.25, 0.3) is 0 Å². The van der Waals surface area contributed by atoms with Crippen LogP contribution in [-0.4, -0.2) is 40.4 Å². The molecular formula is C15H29NO3. The Hall–Kier alpha value is -0.770. The van der Waals surface area contributed by atoms with Crippen molar-refractivity contribution >= 4 is 6.09 Å². The van der Waals surface area contributed by atoms with Crippen LogP contribution in [0.5, 0.6) is 0 Å². The van der Waals surface area contributed by atoms with E-state index in [-0.39, 0.29) is 18.2 Å². The lowest BCUT2D eigenvalue weighted by molar-refractivity contribution is 0.0130. The van der Waals surface area contributed by atoms with Crippen molar-refractivity contribution in [1.29, 1.82) is 0 Å². The molecule has 1 atom stereocenters. The monoisotopic (exact) mass is 271 g/mol. The van der Waals surface area contributed by atoms with Gasteiger partial charge in [-0.15, -0.1) is 0 Å². The van der Waals surface area contributed by atoms with Gasteiger partial charge in [0.05, 0.1) is 0 Å². The maximum Gasteiger partial charge on any atom is 0.410 e. The Bertz CT molecular complexity index is 307. The molecular weight excluding hydrogens is 242 g/mol. The third-order valence-electron chi connectivity index (χ3n) is 3.59. The van der Waals surface area contributed by atoms with Gasteiger partial charge in [0.1, 0.15) is 5.60 Å². The van der Waals surface area contributed by atoms with E-state index < -0.39 is 5.60 Å². The first-order valence-electron chi connectivity index (χ1n) is 7.27. The maximum atomic E-state index is 12.2. The molecule has 0 unspecified atom stereocenters. The fourth-order valence-electron chi connectivity index (χ4n) is 2.76. The number of carbonyl (C=O) groups excluding carboxylic acids is 1. The number of nitrogens with zero attached hydrogens (tertiary/aromatic N) is 1. The van der Waals surface area contributed by atoms with E-state index in [0.717, 1.165) is 32.2 Å². The van der Waals surface area contributed by atoms with Crippen LogP contribution in [-0.2, 0) is 4.74 Å². The minimum atomic E-state index is -0.442. The zero-order valence-corrected chi connectivity index (χ0v) is 13.0. The second-order valence-corrected chi connectivity index (χ2v) is 7.19. The van der Waals surface area contributed by atoms with Crippen molar-refractivity contribution in [3.63, 3.8) is 0 Å². The van der Waals surface area contributed by atoms with Crippen LogP contribution in [0.4, 0.5) is 4.79 Å². The van der Waals surface area contributed by atoms with E-state index in [1.165, 1.54) is 0 Å². The predicted octanol–water partition coefficient (Wildman–Crippen LogP) is 3.18. The second-order valence-electron chi connectivity index (χ2n) is 7.19. The molecule has 0 aromatic carbocycles. The maximum absolute atomic E-state index is 12.2. The summed E-state index contributed by atoms with van der Waals surface area (Å²) < 4.78 is 5.48. The lowest BCUT2D eigenvalue weighted by atomic mass is 9.93. The first-order valence-corrected chi connectivity index (χ1v) is 7.27. The van der Waals surface area contributed by atoms with E-state index in [2.05, 4.69) is 13.8 Å². The van der Waals surface area contributed by atoms with Gasteiger partial charge in [0, 0.05) is 18.7 Å². The van der Waals surface area contributed by atoms with Gasteiger partial charge in [0.15, 0.2) is 0 Å². The molecule has 0 aromatic rings. The normalized spacial score (nSPS) is 22.6. The summed E-state index contributed by atoms with van der Waals surface area (Å²) in [6.07, 6.45) is 3.76. The summed E-state index contributed by atoms with van der Waals surface area (Å²) in [4.78, 5) is 14.1. The molecule has 4 heteroatoms. The van der Waals surface area contributed by atoms with Crippen LogP contribution in [0.15, 0.2) is 0 Å². The van der Waals surface area contributed by atoms with E-state index in [1.807, 2.05) is 25.7 Å². The summed E-state index contributed by atoms with van der Waals surface area (Å²) in [6.45, 7) is 10.9. The van der Waals surface area contributed by atoms with Gasteiger partial charge >= 0.3 is 6.09 Å². The highest BCUT2D eigenvalue weighted by atomic mass is 16.6. The Balaban J connectivity index is 2.56. The number of likely N-dealkylation sites (tertiary alicyclic amines) is 1. The van der Waals surface area contributed by atoms with Gasteiger partial charge in [0.25, 0.3) is 0 Å². The van der Waals surface area contributed by atoms with Gasteiger partial charge in [-0.3, -0.25) is 0 Å². The fourth-order valence-corrected chi connectivity index (χ4v) is 2.76. The molecule has 0 bridgehead atoms. The number of carbonyl (C=O) groups is 1. The predicted molar refractivity (Wildman–Crippen MR) is 76.1 cm³/mol. The van der Waals surface area contributed by atoms with Gasteiger partial charge in [-0.2, -0.15) is 0 Å². The molecule has 1 aliphatic rings. The quantitative estimate of drug-likeness (QED) is 0.799. The smallest absolute Gasteiger partial charge is 0.410 e. The van der Waals surface area contributed by atoms with Crippen molar-refractivity contribution in [2.45, 2.75) is 71.4 Å². The molecule has 0 aromatic heterocycles. The van der Waals surface area contributed by atoms with Crippen LogP contribution in [0, 0.1) is 5.92 Å². The minimum Gasteiger partial charge on any atom is -0.444 e. The summed E-state index contributed by atoms with van der Waals surface area (Å²) in [7, 11) is 0. The molecule has 1 fully saturated rings. The van der Waals surface area contributed by atoms with E-state index in [1.54, 1.807) is 0 Å². The minimum absolute atomic E-state index is 0.133. The van der Waals surface area contributed by atoms with Crippen LogP contribution < -0.4 is 0 Å². The van der Waals surface area contributed by atoms with E-state index in [4.69, 9.17) is 9.84 Å². The van der Waals surface area contributed by atoms with Gasteiger partial charge in [-0.25, -0.2) is 4.79 Å². The molecule has 0 saturated carbocycles. The third-order valence-corrected chi connectivity index (χ3v) is 3.59. The molecule has 0 spiro atoms. The molecule has 1 amide bonds.